The summed E-state index contributed by atoms with van der Waals surface area (Å²) in [5, 5.41) is 6.06. The summed E-state index contributed by atoms with van der Waals surface area (Å²) >= 11 is 0. The van der Waals surface area contributed by atoms with E-state index in [4.69, 9.17) is 14.2 Å². The van der Waals surface area contributed by atoms with Crippen molar-refractivity contribution in [3.63, 3.8) is 0 Å². The smallest absolute Gasteiger partial charge is 0.243 e. The van der Waals surface area contributed by atoms with Crippen LogP contribution in [-0.2, 0) is 16.0 Å². The van der Waals surface area contributed by atoms with Gasteiger partial charge in [0.2, 0.25) is 5.91 Å². The highest BCUT2D eigenvalue weighted by Crippen LogP contribution is 2.25. The summed E-state index contributed by atoms with van der Waals surface area (Å²) in [5.41, 5.74) is 2.76. The topological polar surface area (TPSA) is 68.8 Å². The third kappa shape index (κ3) is 7.26. The normalized spacial score (nSPS) is 15.1. The summed E-state index contributed by atoms with van der Waals surface area (Å²) in [4.78, 5) is 12.5. The van der Waals surface area contributed by atoms with E-state index in [9.17, 15) is 4.79 Å². The third-order valence-corrected chi connectivity index (χ3v) is 5.42. The zero-order valence-corrected chi connectivity index (χ0v) is 18.7. The Labute approximate surface area is 194 Å². The Morgan fingerprint density at radius 2 is 1.73 bits per heavy atom. The molecule has 33 heavy (non-hydrogen) atoms. The van der Waals surface area contributed by atoms with Crippen LogP contribution in [0.25, 0.3) is 0 Å². The molecule has 1 aliphatic rings. The van der Waals surface area contributed by atoms with Gasteiger partial charge in [-0.25, -0.2) is 0 Å². The van der Waals surface area contributed by atoms with E-state index in [1.165, 1.54) is 5.56 Å². The highest BCUT2D eigenvalue weighted by atomic mass is 16.5. The molecule has 0 aromatic heterocycles. The van der Waals surface area contributed by atoms with Crippen molar-refractivity contribution in [1.82, 2.24) is 0 Å². The lowest BCUT2D eigenvalue weighted by Gasteiger charge is -2.15. The molecule has 0 aliphatic carbocycles. The number of carbonyl (C=O) groups excluding carboxylic acids is 1. The van der Waals surface area contributed by atoms with Gasteiger partial charge in [-0.05, 0) is 54.8 Å². The molecule has 1 saturated heterocycles. The predicted octanol–water partition coefficient (Wildman–Crippen LogP) is 4.92. The van der Waals surface area contributed by atoms with Crippen molar-refractivity contribution in [2.24, 2.45) is 0 Å². The molecule has 0 bridgehead atoms. The summed E-state index contributed by atoms with van der Waals surface area (Å²) < 4.78 is 17.3. The fourth-order valence-electron chi connectivity index (χ4n) is 3.63. The predicted molar refractivity (Wildman–Crippen MR) is 130 cm³/mol. The van der Waals surface area contributed by atoms with Crippen LogP contribution in [0.5, 0.6) is 11.5 Å². The monoisotopic (exact) mass is 446 g/mol. The standard InChI is InChI=1S/C27H30N2O4/c30-27(29-25-10-4-5-11-26(25)33-20-24-9-6-17-31-24)19-28-22-12-14-23(15-13-22)32-18-16-21-7-2-1-3-8-21/h1-5,7-8,10-15,24,28H,6,9,16-20H2,(H,29,30). The first-order valence-corrected chi connectivity index (χ1v) is 11.4. The van der Waals surface area contributed by atoms with Crippen LogP contribution in [0.3, 0.4) is 0 Å². The molecule has 1 aliphatic heterocycles. The first-order chi connectivity index (χ1) is 16.3. The Bertz CT molecular complexity index is 1000. The Morgan fingerprint density at radius 3 is 2.52 bits per heavy atom. The van der Waals surface area contributed by atoms with Crippen molar-refractivity contribution in [2.75, 3.05) is 37.0 Å². The molecular formula is C27H30N2O4. The maximum absolute atomic E-state index is 12.5. The summed E-state index contributed by atoms with van der Waals surface area (Å²) in [5.74, 6) is 1.31. The average molecular weight is 447 g/mol. The number of hydrogen-bond acceptors (Lipinski definition) is 5. The third-order valence-electron chi connectivity index (χ3n) is 5.42. The zero-order valence-electron chi connectivity index (χ0n) is 18.7. The molecule has 3 aromatic carbocycles. The molecular weight excluding hydrogens is 416 g/mol. The van der Waals surface area contributed by atoms with Crippen molar-refractivity contribution in [3.8, 4) is 11.5 Å². The van der Waals surface area contributed by atoms with E-state index in [0.29, 0.717) is 24.7 Å². The van der Waals surface area contributed by atoms with E-state index in [1.54, 1.807) is 0 Å². The van der Waals surface area contributed by atoms with Crippen LogP contribution in [0.2, 0.25) is 0 Å². The summed E-state index contributed by atoms with van der Waals surface area (Å²) in [7, 11) is 0. The number of nitrogens with one attached hydrogen (secondary N) is 2. The Balaban J connectivity index is 1.20. The number of ether oxygens (including phenoxy) is 3. The fourth-order valence-corrected chi connectivity index (χ4v) is 3.63. The summed E-state index contributed by atoms with van der Waals surface area (Å²) in [6.45, 7) is 2.05. The number of hydrogen-bond donors (Lipinski definition) is 2. The van der Waals surface area contributed by atoms with E-state index in [0.717, 1.165) is 37.3 Å². The van der Waals surface area contributed by atoms with Crippen LogP contribution >= 0.6 is 0 Å². The van der Waals surface area contributed by atoms with E-state index in [-0.39, 0.29) is 18.6 Å². The molecule has 1 fully saturated rings. The molecule has 0 spiro atoms. The molecule has 172 valence electrons. The number of rotatable bonds is 11. The van der Waals surface area contributed by atoms with Crippen molar-refractivity contribution in [3.05, 3.63) is 84.4 Å². The fraction of sp³-hybridized carbons (Fsp3) is 0.296. The number of carbonyl (C=O) groups is 1. The number of amides is 1. The molecule has 0 saturated carbocycles. The second-order valence-corrected chi connectivity index (χ2v) is 7.95. The first-order valence-electron chi connectivity index (χ1n) is 11.4. The van der Waals surface area contributed by atoms with Crippen molar-refractivity contribution >= 4 is 17.3 Å². The van der Waals surface area contributed by atoms with Crippen LogP contribution in [0.15, 0.2) is 78.9 Å². The van der Waals surface area contributed by atoms with Gasteiger partial charge in [0.1, 0.15) is 18.1 Å². The molecule has 2 N–H and O–H groups in total. The van der Waals surface area contributed by atoms with Gasteiger partial charge in [0.25, 0.3) is 0 Å². The Morgan fingerprint density at radius 1 is 0.939 bits per heavy atom. The lowest BCUT2D eigenvalue weighted by atomic mass is 10.2. The highest BCUT2D eigenvalue weighted by Gasteiger charge is 2.17. The molecule has 1 amide bonds. The lowest BCUT2D eigenvalue weighted by molar-refractivity contribution is -0.114. The van der Waals surface area contributed by atoms with E-state index < -0.39 is 0 Å². The van der Waals surface area contributed by atoms with E-state index in [1.807, 2.05) is 66.7 Å². The molecule has 1 atom stereocenters. The van der Waals surface area contributed by atoms with Gasteiger partial charge in [-0.2, -0.15) is 0 Å². The van der Waals surface area contributed by atoms with E-state index >= 15 is 0 Å². The molecule has 1 heterocycles. The minimum absolute atomic E-state index is 0.126. The quantitative estimate of drug-likeness (QED) is 0.438. The Hall–Kier alpha value is -3.51. The van der Waals surface area contributed by atoms with Crippen LogP contribution in [0.4, 0.5) is 11.4 Å². The minimum atomic E-state index is -0.147. The van der Waals surface area contributed by atoms with Gasteiger partial charge in [0.05, 0.1) is 24.9 Å². The van der Waals surface area contributed by atoms with Gasteiger partial charge in [-0.3, -0.25) is 4.79 Å². The van der Waals surface area contributed by atoms with Crippen molar-refractivity contribution in [1.29, 1.82) is 0 Å². The molecule has 0 radical (unpaired) electrons. The van der Waals surface area contributed by atoms with Gasteiger partial charge in [-0.1, -0.05) is 42.5 Å². The van der Waals surface area contributed by atoms with Gasteiger partial charge >= 0.3 is 0 Å². The van der Waals surface area contributed by atoms with Crippen LogP contribution in [0.1, 0.15) is 18.4 Å². The van der Waals surface area contributed by atoms with Crippen LogP contribution in [0, 0.1) is 0 Å². The van der Waals surface area contributed by atoms with Gasteiger partial charge < -0.3 is 24.8 Å². The summed E-state index contributed by atoms with van der Waals surface area (Å²) in [6, 6.07) is 25.3. The second kappa shape index (κ2) is 11.9. The number of para-hydroxylation sites is 2. The largest absolute Gasteiger partial charge is 0.493 e. The maximum atomic E-state index is 12.5. The van der Waals surface area contributed by atoms with E-state index in [2.05, 4.69) is 22.8 Å². The van der Waals surface area contributed by atoms with Gasteiger partial charge in [0, 0.05) is 18.7 Å². The highest BCUT2D eigenvalue weighted by molar-refractivity contribution is 5.95. The number of anilines is 2. The maximum Gasteiger partial charge on any atom is 0.243 e. The van der Waals surface area contributed by atoms with Crippen LogP contribution in [-0.4, -0.2) is 38.4 Å². The molecule has 3 aromatic rings. The van der Waals surface area contributed by atoms with Crippen molar-refractivity contribution < 1.29 is 19.0 Å². The average Bonchev–Trinajstić information content (AvgIpc) is 3.37. The zero-order chi connectivity index (χ0) is 22.7. The Kier molecular flexibility index (Phi) is 8.19. The lowest BCUT2D eigenvalue weighted by Crippen LogP contribution is -2.22. The van der Waals surface area contributed by atoms with Gasteiger partial charge in [0.15, 0.2) is 0 Å². The molecule has 6 nitrogen and oxygen atoms in total. The SMILES string of the molecule is O=C(CNc1ccc(OCCc2ccccc2)cc1)Nc1ccccc1OCC1CCCO1. The minimum Gasteiger partial charge on any atom is -0.493 e. The van der Waals surface area contributed by atoms with Crippen molar-refractivity contribution in [2.45, 2.75) is 25.4 Å². The van der Waals surface area contributed by atoms with Crippen LogP contribution < -0.4 is 20.1 Å². The summed E-state index contributed by atoms with van der Waals surface area (Å²) in [6.07, 6.45) is 3.06. The second-order valence-electron chi connectivity index (χ2n) is 7.95. The first kappa shape index (κ1) is 22.7. The van der Waals surface area contributed by atoms with Gasteiger partial charge in [-0.15, -0.1) is 0 Å². The molecule has 6 heteroatoms. The number of benzene rings is 3. The molecule has 4 rings (SSSR count). The molecule has 1 unspecified atom stereocenters.